The maximum Gasteiger partial charge on any atom is 0.449 e. The van der Waals surface area contributed by atoms with Crippen LogP contribution >= 0.6 is 0 Å². The maximum atomic E-state index is 13.3. The van der Waals surface area contributed by atoms with Crippen molar-refractivity contribution in [3.05, 3.63) is 48.1 Å². The molecule has 0 aliphatic rings. The molecule has 0 bridgehead atoms. The molecule has 0 spiro atoms. The lowest BCUT2D eigenvalue weighted by atomic mass is 9.95. The number of nitrogens with zero attached hydrogens (tertiary/aromatic N) is 2. The summed E-state index contributed by atoms with van der Waals surface area (Å²) in [7, 11) is 0. The molecule has 6 nitrogen and oxygen atoms in total. The average molecular weight is 382 g/mol. The van der Waals surface area contributed by atoms with Crippen molar-refractivity contribution < 1.29 is 44.8 Å². The largest absolute Gasteiger partial charge is 0.466 e. The van der Waals surface area contributed by atoms with Crippen LogP contribution in [0.3, 0.4) is 0 Å². The number of hydrogen-bond acceptors (Lipinski definition) is 6. The lowest BCUT2D eigenvalue weighted by Crippen LogP contribution is -2.44. The summed E-state index contributed by atoms with van der Waals surface area (Å²) in [5.41, 5.74) is -3.71. The van der Waals surface area contributed by atoms with Crippen LogP contribution in [-0.4, -0.2) is 21.4 Å². The topological polar surface area (TPSA) is 85.4 Å². The van der Waals surface area contributed by atoms with Gasteiger partial charge in [0.05, 0.1) is 18.2 Å². The van der Waals surface area contributed by atoms with E-state index >= 15 is 0 Å². The van der Waals surface area contributed by atoms with E-state index in [-0.39, 0.29) is 5.56 Å². The Balaban J connectivity index is 1.89. The summed E-state index contributed by atoms with van der Waals surface area (Å²) >= 11 is 0. The molecule has 0 aliphatic carbocycles. The molecular weight excluding hydrogens is 374 g/mol. The Bertz CT molecular complexity index is 880. The number of furan rings is 2. The maximum absolute atomic E-state index is 13.3. The number of halogens is 6. The smallest absolute Gasteiger partial charge is 0.449 e. The second kappa shape index (κ2) is 5.90. The van der Waals surface area contributed by atoms with Crippen LogP contribution in [0.15, 0.2) is 44.1 Å². The van der Waals surface area contributed by atoms with Crippen LogP contribution in [0.1, 0.15) is 17.3 Å². The summed E-state index contributed by atoms with van der Waals surface area (Å²) in [5.74, 6) is -3.22. The fraction of sp³-hybridized carbons (Fsp3) is 0.286. The summed E-state index contributed by atoms with van der Waals surface area (Å²) in [5, 5.41) is 13.3. The van der Waals surface area contributed by atoms with E-state index in [1.165, 1.54) is 0 Å². The fourth-order valence-electron chi connectivity index (χ4n) is 2.11. The summed E-state index contributed by atoms with van der Waals surface area (Å²) in [6.07, 6.45) is -9.44. The van der Waals surface area contributed by atoms with Crippen LogP contribution in [-0.2, 0) is 18.2 Å². The fourth-order valence-corrected chi connectivity index (χ4v) is 2.11. The summed E-state index contributed by atoms with van der Waals surface area (Å²) < 4.78 is 91.0. The Hall–Kier alpha value is -2.76. The molecule has 3 heterocycles. The lowest BCUT2D eigenvalue weighted by Gasteiger charge is -2.27. The molecule has 26 heavy (non-hydrogen) atoms. The van der Waals surface area contributed by atoms with E-state index in [0.29, 0.717) is 12.3 Å². The summed E-state index contributed by atoms with van der Waals surface area (Å²) in [4.78, 5) is 3.58. The first kappa shape index (κ1) is 18.0. The Morgan fingerprint density at radius 1 is 1.04 bits per heavy atom. The van der Waals surface area contributed by atoms with Gasteiger partial charge in [-0.3, -0.25) is 0 Å². The zero-order valence-electron chi connectivity index (χ0n) is 12.4. The van der Waals surface area contributed by atoms with Crippen molar-refractivity contribution in [2.75, 3.05) is 0 Å². The van der Waals surface area contributed by atoms with Crippen LogP contribution in [0.2, 0.25) is 0 Å². The van der Waals surface area contributed by atoms with E-state index in [2.05, 4.69) is 23.5 Å². The molecule has 0 aromatic carbocycles. The quantitative estimate of drug-likeness (QED) is 0.688. The highest BCUT2D eigenvalue weighted by Gasteiger charge is 2.58. The van der Waals surface area contributed by atoms with Crippen LogP contribution in [0.5, 0.6) is 0 Å². The minimum Gasteiger partial charge on any atom is -0.466 e. The predicted molar refractivity (Wildman–Crippen MR) is 69.4 cm³/mol. The van der Waals surface area contributed by atoms with Gasteiger partial charge in [-0.15, -0.1) is 0 Å². The van der Waals surface area contributed by atoms with Crippen LogP contribution in [0, 0.1) is 0 Å². The Morgan fingerprint density at radius 3 is 2.31 bits per heavy atom. The second-order valence-electron chi connectivity index (χ2n) is 5.23. The molecule has 3 aromatic rings. The standard InChI is InChI=1S/C14H8F6N2O4/c15-13(16,17)9-4-7(6-25-9)11-21-10(22-26-11)5-12(23,14(18,19)20)8-2-1-3-24-8/h1-4,6,23H,5H2. The first-order valence-corrected chi connectivity index (χ1v) is 6.82. The van der Waals surface area contributed by atoms with Crippen molar-refractivity contribution in [1.29, 1.82) is 0 Å². The zero-order chi connectivity index (χ0) is 19.2. The van der Waals surface area contributed by atoms with Gasteiger partial charge >= 0.3 is 12.4 Å². The van der Waals surface area contributed by atoms with Gasteiger partial charge in [0.15, 0.2) is 5.82 Å². The van der Waals surface area contributed by atoms with Gasteiger partial charge in [-0.1, -0.05) is 5.16 Å². The van der Waals surface area contributed by atoms with Gasteiger partial charge in [0, 0.05) is 6.07 Å². The van der Waals surface area contributed by atoms with Crippen molar-refractivity contribution in [1.82, 2.24) is 10.1 Å². The Labute approximate surface area is 140 Å². The summed E-state index contributed by atoms with van der Waals surface area (Å²) in [6, 6.07) is 2.62. The first-order chi connectivity index (χ1) is 12.0. The highest BCUT2D eigenvalue weighted by atomic mass is 19.4. The Morgan fingerprint density at radius 2 is 1.77 bits per heavy atom. The molecule has 3 rings (SSSR count). The molecule has 3 aromatic heterocycles. The Kier molecular flexibility index (Phi) is 4.09. The van der Waals surface area contributed by atoms with E-state index in [9.17, 15) is 31.4 Å². The molecular formula is C14H8F6N2O4. The number of alkyl halides is 6. The minimum atomic E-state index is -5.13. The SMILES string of the molecule is OC(Cc1noc(-c2coc(C(F)(F)F)c2)n1)(c1ccco1)C(F)(F)F. The molecule has 1 unspecified atom stereocenters. The number of aliphatic hydroxyl groups is 1. The molecule has 0 saturated heterocycles. The monoisotopic (exact) mass is 382 g/mol. The van der Waals surface area contributed by atoms with E-state index in [1.54, 1.807) is 0 Å². The van der Waals surface area contributed by atoms with Crippen molar-refractivity contribution in [2.45, 2.75) is 24.4 Å². The number of aromatic nitrogens is 2. The van der Waals surface area contributed by atoms with E-state index in [0.717, 1.165) is 18.4 Å². The number of hydrogen-bond donors (Lipinski definition) is 1. The van der Waals surface area contributed by atoms with E-state index < -0.39 is 47.6 Å². The number of rotatable bonds is 4. The third-order valence-electron chi connectivity index (χ3n) is 3.41. The van der Waals surface area contributed by atoms with Gasteiger partial charge in [0.25, 0.3) is 5.89 Å². The van der Waals surface area contributed by atoms with E-state index in [4.69, 9.17) is 0 Å². The van der Waals surface area contributed by atoms with E-state index in [1.807, 2.05) is 0 Å². The highest BCUT2D eigenvalue weighted by molar-refractivity contribution is 5.51. The average Bonchev–Trinajstić information content (AvgIpc) is 3.26. The van der Waals surface area contributed by atoms with Crippen LogP contribution in [0.4, 0.5) is 26.3 Å². The second-order valence-corrected chi connectivity index (χ2v) is 5.23. The molecule has 0 saturated carbocycles. The molecule has 0 amide bonds. The van der Waals surface area contributed by atoms with Crippen LogP contribution in [0.25, 0.3) is 11.5 Å². The predicted octanol–water partition coefficient (Wildman–Crippen LogP) is 3.93. The lowest BCUT2D eigenvalue weighted by molar-refractivity contribution is -0.272. The third-order valence-corrected chi connectivity index (χ3v) is 3.41. The molecule has 0 aliphatic heterocycles. The van der Waals surface area contributed by atoms with Crippen molar-refractivity contribution in [3.63, 3.8) is 0 Å². The van der Waals surface area contributed by atoms with Gasteiger partial charge < -0.3 is 18.5 Å². The van der Waals surface area contributed by atoms with Crippen molar-refractivity contribution >= 4 is 0 Å². The normalized spacial score (nSPS) is 15.2. The van der Waals surface area contributed by atoms with Gasteiger partial charge in [-0.05, 0) is 12.1 Å². The van der Waals surface area contributed by atoms with Crippen molar-refractivity contribution in [3.8, 4) is 11.5 Å². The zero-order valence-corrected chi connectivity index (χ0v) is 12.4. The van der Waals surface area contributed by atoms with Gasteiger partial charge in [0.2, 0.25) is 11.4 Å². The minimum absolute atomic E-state index is 0.273. The highest BCUT2D eigenvalue weighted by Crippen LogP contribution is 2.41. The molecule has 140 valence electrons. The molecule has 12 heteroatoms. The van der Waals surface area contributed by atoms with Gasteiger partial charge in [0.1, 0.15) is 12.0 Å². The van der Waals surface area contributed by atoms with Gasteiger partial charge in [-0.2, -0.15) is 31.3 Å². The molecule has 0 fully saturated rings. The van der Waals surface area contributed by atoms with Crippen LogP contribution < -0.4 is 0 Å². The third kappa shape index (κ3) is 3.19. The molecule has 1 N–H and O–H groups in total. The molecule has 1 atom stereocenters. The first-order valence-electron chi connectivity index (χ1n) is 6.82. The molecule has 0 radical (unpaired) electrons. The van der Waals surface area contributed by atoms with Crippen molar-refractivity contribution in [2.24, 2.45) is 0 Å². The van der Waals surface area contributed by atoms with Gasteiger partial charge in [-0.25, -0.2) is 0 Å². The summed E-state index contributed by atoms with van der Waals surface area (Å²) in [6.45, 7) is 0.